The number of β-amino-alcohol motifs (C(OH)–C–C–N with tert-alkyl or cyclic N) is 1. The number of aromatic hydroxyl groups is 1. The third kappa shape index (κ3) is 14.9. The van der Waals surface area contributed by atoms with Crippen LogP contribution >= 0.6 is 0 Å². The van der Waals surface area contributed by atoms with Gasteiger partial charge in [-0.3, -0.25) is 33.6 Å². The molecule has 3 aliphatic rings. The molecule has 0 saturated carbocycles. The van der Waals surface area contributed by atoms with Crippen molar-refractivity contribution in [2.45, 2.75) is 140 Å². The Morgan fingerprint density at radius 1 is 0.662 bits per heavy atom. The molecule has 0 aromatic heterocycles. The summed E-state index contributed by atoms with van der Waals surface area (Å²) >= 11 is 0. The summed E-state index contributed by atoms with van der Waals surface area (Å²) in [6.45, 7) is 7.68. The van der Waals surface area contributed by atoms with Crippen LogP contribution in [0.5, 0.6) is 11.5 Å². The summed E-state index contributed by atoms with van der Waals surface area (Å²) in [5.74, 6) is -7.20. The van der Waals surface area contributed by atoms with Crippen LogP contribution in [-0.4, -0.2) is 175 Å². The lowest BCUT2D eigenvalue weighted by molar-refractivity contribution is -0.146. The standard InChI is InChI=1S/C59H75N7O14/c1-6-7-8-25-80-44-23-19-39(20-24-44)37-13-11-36(12-14-37)38-15-17-40(18-16-38)53(73)61-45-27-42(69)29-60-57(77)51-52(72)33(4)30-66(51)58(78)48(32(2)3)62-56(76)50(47(71)26-35-9-21-41(68)22-10-35)64-55(75)46-28-43(70)31-65(46)59(79)49(34(5)67)63-54(45)74/h9-24,32-34,42-43,45-52,67-72H,6-8,25-31H2,1-5H3,(H,60,77)(H,61,73)(H,62,76)(H,63,74)(H,64,75)/t33-,34?,42+,43+,45+,46?,47+,48-,49-,50-,51-,52-/m0/s1. The summed E-state index contributed by atoms with van der Waals surface area (Å²) in [5.41, 5.74) is 4.16. The number of carbonyl (C=O) groups is 7. The lowest BCUT2D eigenvalue weighted by Gasteiger charge is -2.33. The first kappa shape index (κ1) is 60.2. The van der Waals surface area contributed by atoms with Crippen LogP contribution < -0.4 is 31.3 Å². The number of hydrogen-bond acceptors (Lipinski definition) is 14. The molecule has 3 saturated heterocycles. The second-order valence-electron chi connectivity index (χ2n) is 21.6. The predicted octanol–water partition coefficient (Wildman–Crippen LogP) is 1.54. The molecule has 21 heteroatoms. The van der Waals surface area contributed by atoms with Gasteiger partial charge in [0.2, 0.25) is 35.4 Å². The van der Waals surface area contributed by atoms with Crippen LogP contribution in [0, 0.1) is 11.8 Å². The average molecular weight is 1110 g/mol. The molecule has 4 aromatic carbocycles. The van der Waals surface area contributed by atoms with Crippen LogP contribution in [0.15, 0.2) is 97.1 Å². The molecule has 0 aliphatic carbocycles. The third-order valence-corrected chi connectivity index (χ3v) is 15.0. The van der Waals surface area contributed by atoms with Crippen molar-refractivity contribution in [2.24, 2.45) is 11.8 Å². The Bertz CT molecular complexity index is 2800. The van der Waals surface area contributed by atoms with E-state index in [0.717, 1.165) is 57.1 Å². The topological polar surface area (TPSA) is 317 Å². The Balaban J connectivity index is 1.15. The van der Waals surface area contributed by atoms with Gasteiger partial charge in [-0.25, -0.2) is 0 Å². The molecule has 3 fully saturated rings. The number of aliphatic hydroxyl groups excluding tert-OH is 5. The number of phenolic OH excluding ortho intramolecular Hbond substituents is 1. The van der Waals surface area contributed by atoms with E-state index >= 15 is 0 Å². The van der Waals surface area contributed by atoms with E-state index < -0.39 is 139 Å². The molecule has 11 N–H and O–H groups in total. The predicted molar refractivity (Wildman–Crippen MR) is 294 cm³/mol. The maximum absolute atomic E-state index is 14.5. The highest BCUT2D eigenvalue weighted by atomic mass is 16.5. The highest BCUT2D eigenvalue weighted by Gasteiger charge is 2.49. The first-order valence-corrected chi connectivity index (χ1v) is 27.4. The number of unbranched alkanes of at least 4 members (excludes halogenated alkanes) is 2. The van der Waals surface area contributed by atoms with Crippen LogP contribution in [0.2, 0.25) is 0 Å². The van der Waals surface area contributed by atoms with Gasteiger partial charge in [0.05, 0.1) is 37.1 Å². The molecular weight excluding hydrogens is 1030 g/mol. The van der Waals surface area contributed by atoms with E-state index in [4.69, 9.17) is 4.74 Å². The number of phenols is 1. The van der Waals surface area contributed by atoms with Crippen molar-refractivity contribution in [3.63, 3.8) is 0 Å². The molecule has 3 aliphatic heterocycles. The molecule has 80 heavy (non-hydrogen) atoms. The highest BCUT2D eigenvalue weighted by molar-refractivity contribution is 6.00. The second-order valence-corrected chi connectivity index (χ2v) is 21.6. The molecule has 430 valence electrons. The van der Waals surface area contributed by atoms with Crippen molar-refractivity contribution in [3.8, 4) is 33.8 Å². The van der Waals surface area contributed by atoms with Crippen molar-refractivity contribution < 1.29 is 68.9 Å². The summed E-state index contributed by atoms with van der Waals surface area (Å²) in [5, 5.41) is 79.1. The molecule has 0 spiro atoms. The number of hydrogen-bond donors (Lipinski definition) is 11. The van der Waals surface area contributed by atoms with Crippen LogP contribution in [0.4, 0.5) is 0 Å². The maximum Gasteiger partial charge on any atom is 0.251 e. The molecule has 0 radical (unpaired) electrons. The quantitative estimate of drug-likeness (QED) is 0.0799. The fraction of sp³-hybridized carbons (Fsp3) is 0.475. The smallest absolute Gasteiger partial charge is 0.251 e. The summed E-state index contributed by atoms with van der Waals surface area (Å²) in [7, 11) is 0. The van der Waals surface area contributed by atoms with Gasteiger partial charge in [-0.2, -0.15) is 0 Å². The van der Waals surface area contributed by atoms with Gasteiger partial charge < -0.3 is 71.8 Å². The van der Waals surface area contributed by atoms with E-state index in [0.29, 0.717) is 12.2 Å². The maximum atomic E-state index is 14.5. The molecule has 3 heterocycles. The fourth-order valence-corrected chi connectivity index (χ4v) is 10.3. The Labute approximate surface area is 465 Å². The third-order valence-electron chi connectivity index (χ3n) is 15.0. The normalized spacial score (nSPS) is 26.2. The molecular formula is C59H75N7O14. The zero-order valence-electron chi connectivity index (χ0n) is 45.7. The van der Waals surface area contributed by atoms with Crippen LogP contribution in [-0.2, 0) is 35.2 Å². The number of rotatable bonds is 14. The van der Waals surface area contributed by atoms with Crippen LogP contribution in [0.25, 0.3) is 22.3 Å². The molecule has 7 amide bonds. The largest absolute Gasteiger partial charge is 0.508 e. The Morgan fingerprint density at radius 2 is 1.23 bits per heavy atom. The molecule has 12 atom stereocenters. The van der Waals surface area contributed by atoms with Gasteiger partial charge in [0.25, 0.3) is 5.91 Å². The molecule has 0 bridgehead atoms. The number of aliphatic hydroxyl groups is 5. The van der Waals surface area contributed by atoms with Gasteiger partial charge in [0, 0.05) is 50.4 Å². The number of amides is 7. The fourth-order valence-electron chi connectivity index (χ4n) is 10.3. The van der Waals surface area contributed by atoms with Gasteiger partial charge in [-0.1, -0.05) is 101 Å². The van der Waals surface area contributed by atoms with Crippen LogP contribution in [0.1, 0.15) is 82.6 Å². The van der Waals surface area contributed by atoms with Gasteiger partial charge in [-0.05, 0) is 83.5 Å². The van der Waals surface area contributed by atoms with Gasteiger partial charge in [-0.15, -0.1) is 0 Å². The first-order valence-electron chi connectivity index (χ1n) is 27.4. The lowest BCUT2D eigenvalue weighted by atomic mass is 9.98. The average Bonchev–Trinajstić information content (AvgIpc) is 3.99. The van der Waals surface area contributed by atoms with Gasteiger partial charge in [0.15, 0.2) is 0 Å². The van der Waals surface area contributed by atoms with E-state index in [9.17, 15) is 64.2 Å². The Kier molecular flexibility index (Phi) is 20.4. The number of nitrogens with zero attached hydrogens (tertiary/aromatic N) is 2. The van der Waals surface area contributed by atoms with Crippen molar-refractivity contribution >= 4 is 41.4 Å². The number of benzene rings is 4. The van der Waals surface area contributed by atoms with Crippen molar-refractivity contribution in [3.05, 3.63) is 108 Å². The van der Waals surface area contributed by atoms with Crippen molar-refractivity contribution in [1.29, 1.82) is 0 Å². The van der Waals surface area contributed by atoms with Crippen LogP contribution in [0.3, 0.4) is 0 Å². The summed E-state index contributed by atoms with van der Waals surface area (Å²) in [6, 6.07) is 18.1. The summed E-state index contributed by atoms with van der Waals surface area (Å²) < 4.78 is 5.85. The molecule has 4 aromatic rings. The summed E-state index contributed by atoms with van der Waals surface area (Å²) in [6.07, 6.45) is -5.66. The van der Waals surface area contributed by atoms with Gasteiger partial charge >= 0.3 is 0 Å². The first-order chi connectivity index (χ1) is 38.1. The lowest BCUT2D eigenvalue weighted by Crippen LogP contribution is -2.63. The Hall–Kier alpha value is -7.43. The highest BCUT2D eigenvalue weighted by Crippen LogP contribution is 2.29. The number of ether oxygens (including phenoxy) is 1. The van der Waals surface area contributed by atoms with E-state index in [1.165, 1.54) is 43.3 Å². The molecule has 7 rings (SSSR count). The van der Waals surface area contributed by atoms with E-state index in [1.54, 1.807) is 32.9 Å². The summed E-state index contributed by atoms with van der Waals surface area (Å²) in [4.78, 5) is 102. The Morgan fingerprint density at radius 3 is 1.81 bits per heavy atom. The molecule has 21 nitrogen and oxygen atoms in total. The number of carbonyl (C=O) groups excluding carboxylic acids is 7. The minimum absolute atomic E-state index is 0.0752. The van der Waals surface area contributed by atoms with E-state index in [-0.39, 0.29) is 30.7 Å². The number of fused-ring (bicyclic) bond motifs is 2. The number of nitrogens with one attached hydrogen (secondary N) is 5. The van der Waals surface area contributed by atoms with E-state index in [2.05, 4.69) is 33.5 Å². The van der Waals surface area contributed by atoms with Crippen molar-refractivity contribution in [1.82, 2.24) is 36.4 Å². The zero-order valence-corrected chi connectivity index (χ0v) is 45.7. The van der Waals surface area contributed by atoms with Gasteiger partial charge in [0.1, 0.15) is 47.8 Å². The zero-order chi connectivity index (χ0) is 57.9. The van der Waals surface area contributed by atoms with Crippen molar-refractivity contribution in [2.75, 3.05) is 26.2 Å². The monoisotopic (exact) mass is 1110 g/mol. The SMILES string of the molecule is CCCCCOc1ccc(-c2ccc(-c3ccc(C(=O)N[C@@H]4C[C@@H](O)CNC(=O)[C@@H]5[C@@H](O)[C@@H](C)CN5C(=O)[C@H](C(C)C)NC(=O)[C@H]([C@H](O)Cc5ccc(O)cc5)NC(=O)C5C[C@@H](O)CN5C(=O)[C@H](C(C)O)NC4=O)cc3)cc2)cc1. The second kappa shape index (κ2) is 27.2. The minimum Gasteiger partial charge on any atom is -0.508 e. The van der Waals surface area contributed by atoms with E-state index in [1.807, 2.05) is 48.5 Å². The molecule has 2 unspecified atom stereocenters. The minimum atomic E-state index is -1.83.